The minimum absolute atomic E-state index is 0.111. The number of halogens is 2. The zero-order valence-corrected chi connectivity index (χ0v) is 14.2. The van der Waals surface area contributed by atoms with E-state index in [0.717, 1.165) is 12.0 Å². The number of hydrogen-bond donors (Lipinski definition) is 1. The molecular weight excluding hydrogens is 349 g/mol. The van der Waals surface area contributed by atoms with E-state index >= 15 is 0 Å². The monoisotopic (exact) mass is 361 g/mol. The Morgan fingerprint density at radius 2 is 1.83 bits per heavy atom. The molecule has 0 spiro atoms. The lowest BCUT2D eigenvalue weighted by atomic mass is 10.1. The lowest BCUT2D eigenvalue weighted by molar-refractivity contribution is 0.102. The van der Waals surface area contributed by atoms with E-state index in [1.165, 1.54) is 12.1 Å². The van der Waals surface area contributed by atoms with Gasteiger partial charge in [0.2, 0.25) is 0 Å². The van der Waals surface area contributed by atoms with Gasteiger partial charge in [0.25, 0.3) is 5.91 Å². The maximum atomic E-state index is 12.4. The van der Waals surface area contributed by atoms with Crippen LogP contribution in [0.1, 0.15) is 22.8 Å². The number of rotatable bonds is 3. The van der Waals surface area contributed by atoms with Crippen molar-refractivity contribution >= 4 is 45.8 Å². The highest BCUT2D eigenvalue weighted by Crippen LogP contribution is 2.27. The van der Waals surface area contributed by atoms with Crippen molar-refractivity contribution in [2.75, 3.05) is 5.32 Å². The highest BCUT2D eigenvalue weighted by molar-refractivity contribution is 6.38. The second-order valence-electron chi connectivity index (χ2n) is 5.26. The van der Waals surface area contributed by atoms with E-state index in [9.17, 15) is 9.59 Å². The standard InChI is InChI=1S/C18H13Cl2NO3/c1-2-10-3-5-13(6-4-10)21-17(22)14-8-11-7-12(19)9-15(20)16(11)24-18(14)23/h3-9H,2H2,1H3,(H,21,22). The van der Waals surface area contributed by atoms with Gasteiger partial charge in [-0.05, 0) is 42.3 Å². The molecule has 0 saturated heterocycles. The van der Waals surface area contributed by atoms with Gasteiger partial charge in [-0.25, -0.2) is 4.79 Å². The topological polar surface area (TPSA) is 59.3 Å². The molecule has 24 heavy (non-hydrogen) atoms. The van der Waals surface area contributed by atoms with Crippen LogP contribution in [0.4, 0.5) is 5.69 Å². The van der Waals surface area contributed by atoms with Crippen LogP contribution in [0.25, 0.3) is 11.0 Å². The number of aryl methyl sites for hydroxylation is 1. The summed E-state index contributed by atoms with van der Waals surface area (Å²) >= 11 is 12.0. The van der Waals surface area contributed by atoms with Crippen LogP contribution < -0.4 is 10.9 Å². The summed E-state index contributed by atoms with van der Waals surface area (Å²) < 4.78 is 5.17. The molecule has 1 N–H and O–H groups in total. The molecule has 1 amide bonds. The Morgan fingerprint density at radius 3 is 2.50 bits per heavy atom. The Hall–Kier alpha value is -2.30. The van der Waals surface area contributed by atoms with Crippen LogP contribution in [0.5, 0.6) is 0 Å². The molecule has 0 fully saturated rings. The Labute approximate surface area is 148 Å². The second-order valence-corrected chi connectivity index (χ2v) is 6.10. The van der Waals surface area contributed by atoms with Crippen LogP contribution in [-0.4, -0.2) is 5.91 Å². The fourth-order valence-electron chi connectivity index (χ4n) is 2.34. The van der Waals surface area contributed by atoms with E-state index < -0.39 is 11.5 Å². The summed E-state index contributed by atoms with van der Waals surface area (Å²) in [5.41, 5.74) is 1.09. The van der Waals surface area contributed by atoms with Crippen LogP contribution in [0.2, 0.25) is 10.0 Å². The van der Waals surface area contributed by atoms with Gasteiger partial charge in [-0.1, -0.05) is 42.3 Å². The van der Waals surface area contributed by atoms with E-state index in [1.807, 2.05) is 19.1 Å². The van der Waals surface area contributed by atoms with Crippen molar-refractivity contribution in [1.82, 2.24) is 0 Å². The largest absolute Gasteiger partial charge is 0.421 e. The summed E-state index contributed by atoms with van der Waals surface area (Å²) in [7, 11) is 0. The highest BCUT2D eigenvalue weighted by Gasteiger charge is 2.15. The van der Waals surface area contributed by atoms with Crippen molar-refractivity contribution in [2.24, 2.45) is 0 Å². The van der Waals surface area contributed by atoms with Crippen LogP contribution in [-0.2, 0) is 6.42 Å². The molecule has 0 radical (unpaired) electrons. The number of benzene rings is 2. The van der Waals surface area contributed by atoms with Gasteiger partial charge in [0.05, 0.1) is 5.02 Å². The molecule has 3 rings (SSSR count). The number of fused-ring (bicyclic) bond motifs is 1. The van der Waals surface area contributed by atoms with Crippen LogP contribution in [0, 0.1) is 0 Å². The van der Waals surface area contributed by atoms with Crippen molar-refractivity contribution in [1.29, 1.82) is 0 Å². The molecule has 0 unspecified atom stereocenters. The van der Waals surface area contributed by atoms with Gasteiger partial charge in [0.1, 0.15) is 5.56 Å². The molecule has 0 saturated carbocycles. The molecule has 0 aliphatic rings. The number of carbonyl (C=O) groups excluding carboxylic acids is 1. The first-order valence-electron chi connectivity index (χ1n) is 7.31. The highest BCUT2D eigenvalue weighted by atomic mass is 35.5. The Morgan fingerprint density at radius 1 is 1.12 bits per heavy atom. The van der Waals surface area contributed by atoms with Crippen LogP contribution >= 0.6 is 23.2 Å². The summed E-state index contributed by atoms with van der Waals surface area (Å²) in [5.74, 6) is -0.550. The third-order valence-corrected chi connectivity index (χ3v) is 4.12. The van der Waals surface area contributed by atoms with Gasteiger partial charge in [-0.15, -0.1) is 0 Å². The molecule has 6 heteroatoms. The van der Waals surface area contributed by atoms with Crippen molar-refractivity contribution in [3.05, 3.63) is 74.1 Å². The SMILES string of the molecule is CCc1ccc(NC(=O)c2cc3cc(Cl)cc(Cl)c3oc2=O)cc1. The predicted molar refractivity (Wildman–Crippen MR) is 96.3 cm³/mol. The van der Waals surface area contributed by atoms with Crippen LogP contribution in [0.15, 0.2) is 51.7 Å². The lowest BCUT2D eigenvalue weighted by Gasteiger charge is -2.07. The first-order valence-corrected chi connectivity index (χ1v) is 8.06. The molecular formula is C18H13Cl2NO3. The average molecular weight is 362 g/mol. The first-order chi connectivity index (χ1) is 11.5. The van der Waals surface area contributed by atoms with Gasteiger partial charge in [0, 0.05) is 16.1 Å². The summed E-state index contributed by atoms with van der Waals surface area (Å²) in [6.07, 6.45) is 0.907. The molecule has 0 aliphatic heterocycles. The maximum absolute atomic E-state index is 12.4. The molecule has 2 aromatic carbocycles. The lowest BCUT2D eigenvalue weighted by Crippen LogP contribution is -2.20. The molecule has 4 nitrogen and oxygen atoms in total. The molecule has 0 bridgehead atoms. The van der Waals surface area contributed by atoms with Crippen molar-refractivity contribution in [3.63, 3.8) is 0 Å². The van der Waals surface area contributed by atoms with Crippen molar-refractivity contribution < 1.29 is 9.21 Å². The Balaban J connectivity index is 1.97. The zero-order valence-electron chi connectivity index (χ0n) is 12.7. The summed E-state index contributed by atoms with van der Waals surface area (Å²) in [6, 6.07) is 11.9. The molecule has 122 valence electrons. The molecule has 1 aromatic heterocycles. The fraction of sp³-hybridized carbons (Fsp3) is 0.111. The van der Waals surface area contributed by atoms with Crippen LogP contribution in [0.3, 0.4) is 0 Å². The molecule has 1 heterocycles. The van der Waals surface area contributed by atoms with E-state index in [-0.39, 0.29) is 16.2 Å². The van der Waals surface area contributed by atoms with Crippen molar-refractivity contribution in [3.8, 4) is 0 Å². The number of carbonyl (C=O) groups is 1. The smallest absolute Gasteiger partial charge is 0.349 e. The van der Waals surface area contributed by atoms with Gasteiger partial charge in [0.15, 0.2) is 5.58 Å². The minimum atomic E-state index is -0.755. The summed E-state index contributed by atoms with van der Waals surface area (Å²) in [6.45, 7) is 2.05. The van der Waals surface area contributed by atoms with Gasteiger partial charge >= 0.3 is 5.63 Å². The quantitative estimate of drug-likeness (QED) is 0.673. The second kappa shape index (κ2) is 6.67. The van der Waals surface area contributed by atoms with E-state index in [0.29, 0.717) is 16.1 Å². The minimum Gasteiger partial charge on any atom is -0.421 e. The summed E-state index contributed by atoms with van der Waals surface area (Å²) in [4.78, 5) is 24.4. The third kappa shape index (κ3) is 3.30. The van der Waals surface area contributed by atoms with Gasteiger partial charge in [-0.3, -0.25) is 4.79 Å². The van der Waals surface area contributed by atoms with E-state index in [4.69, 9.17) is 27.6 Å². The Kier molecular flexibility index (Phi) is 4.60. The molecule has 0 atom stereocenters. The fourth-order valence-corrected chi connectivity index (χ4v) is 2.89. The number of hydrogen-bond acceptors (Lipinski definition) is 3. The van der Waals surface area contributed by atoms with E-state index in [2.05, 4.69) is 5.32 Å². The summed E-state index contributed by atoms with van der Waals surface area (Å²) in [5, 5.41) is 3.77. The number of anilines is 1. The third-order valence-electron chi connectivity index (χ3n) is 3.62. The predicted octanol–water partition coefficient (Wildman–Crippen LogP) is 4.91. The Bertz CT molecular complexity index is 978. The maximum Gasteiger partial charge on any atom is 0.349 e. The zero-order chi connectivity index (χ0) is 17.3. The first kappa shape index (κ1) is 16.6. The molecule has 0 aliphatic carbocycles. The van der Waals surface area contributed by atoms with Gasteiger partial charge in [-0.2, -0.15) is 0 Å². The molecule has 3 aromatic rings. The van der Waals surface area contributed by atoms with Gasteiger partial charge < -0.3 is 9.73 Å². The van der Waals surface area contributed by atoms with E-state index in [1.54, 1.807) is 18.2 Å². The normalized spacial score (nSPS) is 10.8. The van der Waals surface area contributed by atoms with Crippen molar-refractivity contribution in [2.45, 2.75) is 13.3 Å². The number of amides is 1. The average Bonchev–Trinajstić information content (AvgIpc) is 2.55. The number of nitrogens with one attached hydrogen (secondary N) is 1.